The van der Waals surface area contributed by atoms with Crippen LogP contribution in [-0.4, -0.2) is 18.7 Å². The summed E-state index contributed by atoms with van der Waals surface area (Å²) in [4.78, 5) is 11.0. The van der Waals surface area contributed by atoms with Crippen LogP contribution < -0.4 is 0 Å². The molecule has 0 aliphatic carbocycles. The summed E-state index contributed by atoms with van der Waals surface area (Å²) in [5, 5.41) is 0. The minimum Gasteiger partial charge on any atom is -0.464 e. The molecule has 0 fully saturated rings. The predicted octanol–water partition coefficient (Wildman–Crippen LogP) is 2.31. The molecule has 0 heterocycles. The molecule has 0 aromatic heterocycles. The van der Waals surface area contributed by atoms with Crippen molar-refractivity contribution in [3.8, 4) is 0 Å². The lowest BCUT2D eigenvalue weighted by molar-refractivity contribution is -0.150. The van der Waals surface area contributed by atoms with Crippen molar-refractivity contribution in [3.63, 3.8) is 0 Å². The number of esters is 1. The van der Waals surface area contributed by atoms with Gasteiger partial charge in [0.15, 0.2) is 6.10 Å². The first-order valence-corrected chi connectivity index (χ1v) is 5.21. The zero-order valence-electron chi connectivity index (χ0n) is 8.41. The van der Waals surface area contributed by atoms with Crippen LogP contribution in [0.5, 0.6) is 0 Å². The normalized spacial score (nSPS) is 12.5. The average Bonchev–Trinajstić information content (AvgIpc) is 2.16. The van der Waals surface area contributed by atoms with Gasteiger partial charge in [-0.15, -0.1) is 0 Å². The lowest BCUT2D eigenvalue weighted by atomic mass is 10.2. The molecule has 0 spiro atoms. The molecular weight excluding hydrogens is 187 g/mol. The number of carbonyl (C=O) groups is 1. The number of unbranched alkanes of at least 4 members (excludes halogenated alkanes) is 3. The molecule has 0 N–H and O–H groups in total. The van der Waals surface area contributed by atoms with Crippen LogP contribution in [-0.2, 0) is 14.1 Å². The van der Waals surface area contributed by atoms with Gasteiger partial charge in [0.25, 0.3) is 0 Å². The van der Waals surface area contributed by atoms with Crippen molar-refractivity contribution < 1.29 is 14.1 Å². The lowest BCUT2D eigenvalue weighted by Crippen LogP contribution is -2.20. The fourth-order valence-corrected chi connectivity index (χ4v) is 0.986. The van der Waals surface area contributed by atoms with Gasteiger partial charge in [0.1, 0.15) is 0 Å². The van der Waals surface area contributed by atoms with Crippen LogP contribution in [0.2, 0.25) is 0 Å². The number of rotatable bonds is 7. The van der Waals surface area contributed by atoms with E-state index in [1.165, 1.54) is 12.8 Å². The summed E-state index contributed by atoms with van der Waals surface area (Å²) in [6, 6.07) is 0. The summed E-state index contributed by atoms with van der Waals surface area (Å²) in [6.07, 6.45) is 3.99. The summed E-state index contributed by atoms with van der Waals surface area (Å²) in [6.45, 7) is 4.33. The molecule has 0 radical (unpaired) electrons. The average molecular weight is 206 g/mol. The molecule has 0 amide bonds. The maximum absolute atomic E-state index is 11.0. The van der Waals surface area contributed by atoms with E-state index in [0.717, 1.165) is 12.8 Å². The van der Waals surface area contributed by atoms with Crippen molar-refractivity contribution >= 4 is 15.4 Å². The molecule has 0 aliphatic heterocycles. The number of ether oxygens (including phenoxy) is 1. The van der Waals surface area contributed by atoms with Crippen molar-refractivity contribution in [1.82, 2.24) is 0 Å². The van der Waals surface area contributed by atoms with E-state index in [0.29, 0.717) is 6.61 Å². The Bertz CT molecular complexity index is 139. The topological polar surface area (TPSA) is 35.5 Å². The minimum absolute atomic E-state index is 0.286. The highest BCUT2D eigenvalue weighted by molar-refractivity contribution is 7.09. The number of hydrogen-bond donors (Lipinski definition) is 0. The van der Waals surface area contributed by atoms with Crippen molar-refractivity contribution in [1.29, 1.82) is 0 Å². The molecule has 2 atom stereocenters. The van der Waals surface area contributed by atoms with Gasteiger partial charge in [0, 0.05) is 9.47 Å². The van der Waals surface area contributed by atoms with E-state index >= 15 is 0 Å². The van der Waals surface area contributed by atoms with Crippen LogP contribution in [0.4, 0.5) is 0 Å². The Balaban J connectivity index is 3.27. The van der Waals surface area contributed by atoms with E-state index in [9.17, 15) is 4.79 Å². The van der Waals surface area contributed by atoms with E-state index in [1.54, 1.807) is 6.92 Å². The van der Waals surface area contributed by atoms with Crippen LogP contribution in [0.1, 0.15) is 39.5 Å². The zero-order chi connectivity index (χ0) is 10.1. The second-order valence-corrected chi connectivity index (χ2v) is 3.28. The second kappa shape index (κ2) is 8.46. The number of carbonyl (C=O) groups excluding carboxylic acids is 1. The van der Waals surface area contributed by atoms with E-state index < -0.39 is 6.10 Å². The molecule has 2 unspecified atom stereocenters. The highest BCUT2D eigenvalue weighted by atomic mass is 31.0. The molecule has 78 valence electrons. The van der Waals surface area contributed by atoms with Crippen molar-refractivity contribution in [3.05, 3.63) is 0 Å². The molecule has 0 bridgehead atoms. The van der Waals surface area contributed by atoms with Crippen LogP contribution >= 0.6 is 9.47 Å². The van der Waals surface area contributed by atoms with Crippen molar-refractivity contribution in [2.24, 2.45) is 0 Å². The molecule has 0 aromatic carbocycles. The monoisotopic (exact) mass is 206 g/mol. The van der Waals surface area contributed by atoms with Gasteiger partial charge in [-0.1, -0.05) is 26.2 Å². The molecule has 0 saturated carbocycles. The first-order valence-electron chi connectivity index (χ1n) is 4.74. The van der Waals surface area contributed by atoms with E-state index in [1.807, 2.05) is 0 Å². The summed E-state index contributed by atoms with van der Waals surface area (Å²) >= 11 is 0. The minimum atomic E-state index is -0.476. The van der Waals surface area contributed by atoms with Gasteiger partial charge in [-0.05, 0) is 13.3 Å². The molecule has 3 nitrogen and oxygen atoms in total. The van der Waals surface area contributed by atoms with Gasteiger partial charge in [0.05, 0.1) is 6.61 Å². The van der Waals surface area contributed by atoms with E-state index in [2.05, 4.69) is 16.4 Å². The lowest BCUT2D eigenvalue weighted by Gasteiger charge is -2.08. The first kappa shape index (κ1) is 12.9. The Morgan fingerprint density at radius 1 is 1.38 bits per heavy atom. The van der Waals surface area contributed by atoms with Gasteiger partial charge in [-0.3, -0.25) is 0 Å². The van der Waals surface area contributed by atoms with Crippen LogP contribution in [0, 0.1) is 0 Å². The predicted molar refractivity (Wildman–Crippen MR) is 55.4 cm³/mol. The third-order valence-corrected chi connectivity index (χ3v) is 2.19. The summed E-state index contributed by atoms with van der Waals surface area (Å²) in [5.74, 6) is -0.286. The fraction of sp³-hybridized carbons (Fsp3) is 0.889. The first-order chi connectivity index (χ1) is 6.22. The Kier molecular flexibility index (Phi) is 8.37. The van der Waals surface area contributed by atoms with Gasteiger partial charge in [-0.2, -0.15) is 0 Å². The van der Waals surface area contributed by atoms with Crippen molar-refractivity contribution in [2.45, 2.75) is 45.6 Å². The molecule has 0 aliphatic rings. The van der Waals surface area contributed by atoms with Crippen LogP contribution in [0.25, 0.3) is 0 Å². The van der Waals surface area contributed by atoms with E-state index in [-0.39, 0.29) is 5.97 Å². The van der Waals surface area contributed by atoms with E-state index in [4.69, 9.17) is 9.26 Å². The Morgan fingerprint density at radius 3 is 2.62 bits per heavy atom. The molecule has 4 heteroatoms. The fourth-order valence-electron chi connectivity index (χ4n) is 0.875. The zero-order valence-corrected chi connectivity index (χ0v) is 9.57. The largest absolute Gasteiger partial charge is 0.464 e. The van der Waals surface area contributed by atoms with Crippen LogP contribution in [0.15, 0.2) is 0 Å². The maximum atomic E-state index is 11.0. The summed E-state index contributed by atoms with van der Waals surface area (Å²) in [5.41, 5.74) is 0. The molecule has 0 aromatic rings. The Morgan fingerprint density at radius 2 is 2.08 bits per heavy atom. The molecule has 0 saturated heterocycles. The van der Waals surface area contributed by atoms with Crippen molar-refractivity contribution in [2.75, 3.05) is 6.61 Å². The van der Waals surface area contributed by atoms with Gasteiger partial charge in [-0.25, -0.2) is 4.79 Å². The molecule has 13 heavy (non-hydrogen) atoms. The quantitative estimate of drug-likeness (QED) is 0.364. The molecule has 0 rings (SSSR count). The smallest absolute Gasteiger partial charge is 0.335 e. The van der Waals surface area contributed by atoms with Gasteiger partial charge < -0.3 is 9.26 Å². The Hall–Kier alpha value is -0.140. The summed E-state index contributed by atoms with van der Waals surface area (Å²) in [7, 11) is 2.06. The third-order valence-electron chi connectivity index (χ3n) is 1.78. The standard InChI is InChI=1S/C9H19O3P/c1-3-4-5-6-7-11-9(10)8(2)12-13/h8H,3-7,13H2,1-2H3. The van der Waals surface area contributed by atoms with Gasteiger partial charge >= 0.3 is 5.97 Å². The number of hydrogen-bond acceptors (Lipinski definition) is 3. The second-order valence-electron chi connectivity index (χ2n) is 3.01. The maximum Gasteiger partial charge on any atom is 0.335 e. The van der Waals surface area contributed by atoms with Gasteiger partial charge in [0.2, 0.25) is 0 Å². The van der Waals surface area contributed by atoms with Crippen LogP contribution in [0.3, 0.4) is 0 Å². The highest BCUT2D eigenvalue weighted by Crippen LogP contribution is 2.02. The SMILES string of the molecule is CCCCCCOC(=O)C(C)OP. The highest BCUT2D eigenvalue weighted by Gasteiger charge is 2.12. The third kappa shape index (κ3) is 6.97. The molecular formula is C9H19O3P. The Labute approximate surface area is 82.5 Å². The summed E-state index contributed by atoms with van der Waals surface area (Å²) < 4.78 is 9.70.